The summed E-state index contributed by atoms with van der Waals surface area (Å²) in [5, 5.41) is 50.6. The molecule has 88 heavy (non-hydrogen) atoms. The molecular weight excluding hydrogens is 1170 g/mol. The Labute approximate surface area is 514 Å². The molecule has 2 rings (SSSR count). The molecule has 1 aliphatic rings. The number of carboxylic acids is 1. The second-order valence-corrected chi connectivity index (χ2v) is 22.6. The lowest BCUT2D eigenvalue weighted by molar-refractivity contribution is -0.143. The van der Waals surface area contributed by atoms with E-state index in [1.165, 1.54) is 16.7 Å². The standard InChI is InChI=1S/C54H90N18O15S/c1-28(2)22-34(45(79)69-37(26-73)48(82)70-38(27-74)52(86)87)68-50(84)42(29(3)4)71-41(76)25-63-49(83)39-16-11-20-72(39)51(85)33(15-10-19-62-54(59)60)65-46(80)35(23-30-12-7-6-8-13-30)66-47(81)36(24-40(56)75)67-44(78)32(17-21-88-5)64-43(77)31(55)14-9-18-61-53(57)58/h6-8,12-13,28-29,31-39,42,73-74H,9-11,14-27,55H2,1-5H3,(H2,56,75)(H,63,83)(H,64,77)(H,65,80)(H,66,81)(H,67,78)(H,68,84)(H,69,79)(H,70,82)(H,71,76)(H,86,87)(H4,57,58,61)(H4,59,60,62)/t31-,32-,33-,34-,35-,36-,37-,38-,39-,42-/m0/s1. The molecule has 1 heterocycles. The number of carbonyl (C=O) groups excluding carboxylic acids is 11. The molecule has 1 fully saturated rings. The third kappa shape index (κ3) is 27.6. The van der Waals surface area contributed by atoms with E-state index in [1.807, 2.05) is 5.32 Å². The number of benzene rings is 1. The summed E-state index contributed by atoms with van der Waals surface area (Å²) in [5.41, 5.74) is 34.0. The van der Waals surface area contributed by atoms with E-state index in [0.29, 0.717) is 24.2 Å². The fourth-order valence-corrected chi connectivity index (χ4v) is 9.39. The summed E-state index contributed by atoms with van der Waals surface area (Å²) in [6.07, 6.45) is 1.89. The van der Waals surface area contributed by atoms with Crippen molar-refractivity contribution in [3.05, 3.63) is 35.9 Å². The number of aliphatic hydroxyl groups excluding tert-OH is 2. The molecule has 0 radical (unpaired) electrons. The SMILES string of the molecule is CSCC[C@H](NC(=O)[C@@H](N)CCCN=C(N)N)C(=O)N[C@@H](CC(N)=O)C(=O)N[C@@H](Cc1ccccc1)C(=O)N[C@@H](CCCN=C(N)N)C(=O)N1CCC[C@H]1C(=O)NCC(=O)N[C@H](C(=O)N[C@@H](CC(C)C)C(=O)N[C@@H](CO)C(=O)N[C@@H](CO)C(=O)O)C(C)C. The summed E-state index contributed by atoms with van der Waals surface area (Å²) in [6, 6.07) is -5.67. The largest absolute Gasteiger partial charge is 0.480 e. The first kappa shape index (κ1) is 75.7. The number of carbonyl (C=O) groups is 12. The number of nitrogens with zero attached hydrogens (tertiary/aromatic N) is 3. The minimum absolute atomic E-state index is 0.00936. The van der Waals surface area contributed by atoms with E-state index in [9.17, 15) is 72.9 Å². The van der Waals surface area contributed by atoms with Crippen molar-refractivity contribution in [2.24, 2.45) is 56.2 Å². The maximum absolute atomic E-state index is 14.6. The van der Waals surface area contributed by atoms with Crippen LogP contribution in [-0.2, 0) is 64.0 Å². The first-order valence-corrected chi connectivity index (χ1v) is 30.0. The number of rotatable bonds is 40. The molecule has 0 saturated carbocycles. The monoisotopic (exact) mass is 1260 g/mol. The van der Waals surface area contributed by atoms with Gasteiger partial charge in [0.15, 0.2) is 11.9 Å². The molecule has 0 aromatic heterocycles. The van der Waals surface area contributed by atoms with Crippen LogP contribution < -0.4 is 82.3 Å². The van der Waals surface area contributed by atoms with Crippen LogP contribution in [-0.4, -0.2) is 215 Å². The van der Waals surface area contributed by atoms with Crippen LogP contribution in [0.4, 0.5) is 0 Å². The van der Waals surface area contributed by atoms with Gasteiger partial charge in [-0.05, 0) is 80.8 Å². The van der Waals surface area contributed by atoms with Gasteiger partial charge in [0.2, 0.25) is 65.0 Å². The van der Waals surface area contributed by atoms with Crippen molar-refractivity contribution in [3.8, 4) is 0 Å². The first-order valence-electron chi connectivity index (χ1n) is 28.7. The van der Waals surface area contributed by atoms with E-state index in [-0.39, 0.29) is 82.4 Å². The lowest BCUT2D eigenvalue weighted by Crippen LogP contribution is -2.60. The molecule has 11 amide bonds. The van der Waals surface area contributed by atoms with Gasteiger partial charge in [-0.3, -0.25) is 62.7 Å². The van der Waals surface area contributed by atoms with Crippen molar-refractivity contribution >= 4 is 94.6 Å². The zero-order valence-corrected chi connectivity index (χ0v) is 51.1. The van der Waals surface area contributed by atoms with Gasteiger partial charge in [-0.15, -0.1) is 0 Å². The number of primary amides is 1. The molecule has 1 aliphatic heterocycles. The van der Waals surface area contributed by atoms with Crippen molar-refractivity contribution in [3.63, 3.8) is 0 Å². The number of aliphatic imine (C=N–C) groups is 2. The highest BCUT2D eigenvalue weighted by molar-refractivity contribution is 7.98. The molecule has 33 nitrogen and oxygen atoms in total. The van der Waals surface area contributed by atoms with Crippen LogP contribution in [0.25, 0.3) is 0 Å². The maximum atomic E-state index is 14.6. The van der Waals surface area contributed by atoms with E-state index < -0.39 is 163 Å². The van der Waals surface area contributed by atoms with Crippen LogP contribution >= 0.6 is 11.8 Å². The highest BCUT2D eigenvalue weighted by atomic mass is 32.2. The Morgan fingerprint density at radius 3 is 1.69 bits per heavy atom. The number of guanidine groups is 2. The third-order valence-electron chi connectivity index (χ3n) is 13.5. The highest BCUT2D eigenvalue weighted by Crippen LogP contribution is 2.21. The molecule has 10 atom stereocenters. The lowest BCUT2D eigenvalue weighted by Gasteiger charge is -2.30. The number of hydrogen-bond acceptors (Lipinski definition) is 18. The van der Waals surface area contributed by atoms with Gasteiger partial charge < -0.3 is 102 Å². The fraction of sp³-hybridized carbons (Fsp3) is 0.630. The fourth-order valence-electron chi connectivity index (χ4n) is 8.92. The van der Waals surface area contributed by atoms with Gasteiger partial charge in [0, 0.05) is 26.1 Å². The van der Waals surface area contributed by atoms with Crippen molar-refractivity contribution < 1.29 is 72.9 Å². The summed E-state index contributed by atoms with van der Waals surface area (Å²) in [7, 11) is 0. The minimum Gasteiger partial charge on any atom is -0.480 e. The summed E-state index contributed by atoms with van der Waals surface area (Å²) >= 11 is 1.36. The Morgan fingerprint density at radius 2 is 1.14 bits per heavy atom. The van der Waals surface area contributed by atoms with Gasteiger partial charge in [-0.2, -0.15) is 11.8 Å². The summed E-state index contributed by atoms with van der Waals surface area (Å²) < 4.78 is 0. The molecule has 1 aromatic carbocycles. The second-order valence-electron chi connectivity index (χ2n) is 21.6. The number of aliphatic carboxylic acids is 1. The third-order valence-corrected chi connectivity index (χ3v) is 14.2. The van der Waals surface area contributed by atoms with E-state index >= 15 is 0 Å². The molecule has 1 aromatic rings. The first-order chi connectivity index (χ1) is 41.5. The molecular formula is C54H90N18O15S. The van der Waals surface area contributed by atoms with E-state index in [4.69, 9.17) is 34.4 Å². The number of thioether (sulfide) groups is 1. The average Bonchev–Trinajstić information content (AvgIpc) is 2.89. The molecule has 1 saturated heterocycles. The number of nitrogens with one attached hydrogen (secondary N) is 9. The van der Waals surface area contributed by atoms with Gasteiger partial charge in [0.1, 0.15) is 54.4 Å². The van der Waals surface area contributed by atoms with Crippen molar-refractivity contribution in [2.45, 2.75) is 152 Å². The van der Waals surface area contributed by atoms with Crippen LogP contribution in [0.5, 0.6) is 0 Å². The topological polar surface area (TPSA) is 558 Å². The zero-order chi connectivity index (χ0) is 66.2. The normalized spacial score (nSPS) is 15.8. The maximum Gasteiger partial charge on any atom is 0.328 e. The average molecular weight is 1260 g/mol. The Bertz CT molecular complexity index is 2590. The van der Waals surface area contributed by atoms with Crippen LogP contribution in [0, 0.1) is 11.8 Å². The number of aliphatic hydroxyl groups is 2. The molecule has 0 aliphatic carbocycles. The van der Waals surface area contributed by atoms with Gasteiger partial charge in [-0.1, -0.05) is 58.0 Å². The van der Waals surface area contributed by atoms with Gasteiger partial charge in [0.25, 0.3) is 0 Å². The predicted octanol–water partition coefficient (Wildman–Crippen LogP) is -6.95. The molecule has 492 valence electrons. The van der Waals surface area contributed by atoms with E-state index in [2.05, 4.69) is 52.5 Å². The summed E-state index contributed by atoms with van der Waals surface area (Å²) in [5.74, 6) is -12.1. The number of hydrogen-bond donors (Lipinski definition) is 18. The van der Waals surface area contributed by atoms with Crippen LogP contribution in [0.15, 0.2) is 40.3 Å². The summed E-state index contributed by atoms with van der Waals surface area (Å²) in [4.78, 5) is 171. The predicted molar refractivity (Wildman–Crippen MR) is 324 cm³/mol. The van der Waals surface area contributed by atoms with Crippen LogP contribution in [0.3, 0.4) is 0 Å². The Balaban J connectivity index is 2.37. The van der Waals surface area contributed by atoms with E-state index in [1.54, 1.807) is 64.3 Å². The Hall–Kier alpha value is -8.37. The second kappa shape index (κ2) is 39.4. The quantitative estimate of drug-likeness (QED) is 0.0165. The van der Waals surface area contributed by atoms with Gasteiger partial charge in [-0.25, -0.2) is 4.79 Å². The Morgan fingerprint density at radius 1 is 0.625 bits per heavy atom. The minimum atomic E-state index is -1.74. The molecule has 0 spiro atoms. The van der Waals surface area contributed by atoms with Gasteiger partial charge in [0.05, 0.1) is 32.2 Å². The number of likely N-dealkylation sites (tertiary alicyclic amines) is 1. The molecule has 34 heteroatoms. The smallest absolute Gasteiger partial charge is 0.328 e. The highest BCUT2D eigenvalue weighted by Gasteiger charge is 2.40. The molecule has 24 N–H and O–H groups in total. The summed E-state index contributed by atoms with van der Waals surface area (Å²) in [6.45, 7) is 4.24. The van der Waals surface area contributed by atoms with Crippen molar-refractivity contribution in [2.75, 3.05) is 51.4 Å². The lowest BCUT2D eigenvalue weighted by atomic mass is 9.99. The van der Waals surface area contributed by atoms with E-state index in [0.717, 1.165) is 0 Å². The van der Waals surface area contributed by atoms with Crippen molar-refractivity contribution in [1.29, 1.82) is 0 Å². The molecule has 0 unspecified atom stereocenters. The molecule has 0 bridgehead atoms. The van der Waals surface area contributed by atoms with Crippen LogP contribution in [0.2, 0.25) is 0 Å². The number of carboxylic acid groups (broad SMARTS) is 1. The Kier molecular flexibility index (Phi) is 33.9. The number of amides is 11. The van der Waals surface area contributed by atoms with Gasteiger partial charge >= 0.3 is 5.97 Å². The van der Waals surface area contributed by atoms with Crippen LogP contribution in [0.1, 0.15) is 91.0 Å². The van der Waals surface area contributed by atoms with Crippen molar-refractivity contribution in [1.82, 2.24) is 52.8 Å². The zero-order valence-electron chi connectivity index (χ0n) is 50.3. The number of nitrogens with two attached hydrogens (primary N) is 6.